The zero-order chi connectivity index (χ0) is 8.39. The van der Waals surface area contributed by atoms with Crippen LogP contribution < -0.4 is 5.32 Å². The maximum atomic E-state index is 11.2. The number of nitrogens with one attached hydrogen (secondary N) is 1. The van der Waals surface area contributed by atoms with Crippen LogP contribution in [0, 0.1) is 0 Å². The molecule has 1 aromatic rings. The molecule has 1 atom stereocenters. The highest BCUT2D eigenvalue weighted by molar-refractivity contribution is 5.93. The fraction of sp³-hybridized carbons (Fsp3) is 0.429. The molecule has 12 heavy (non-hydrogen) atoms. The molecular formula is C7H8N2O3. The first-order chi connectivity index (χ1) is 5.86. The van der Waals surface area contributed by atoms with Gasteiger partial charge >= 0.3 is 0 Å². The summed E-state index contributed by atoms with van der Waals surface area (Å²) >= 11 is 0. The van der Waals surface area contributed by atoms with E-state index < -0.39 is 0 Å². The SMILES string of the molecule is O=C(Nc1ccon1)C1CCO1. The zero-order valence-electron chi connectivity index (χ0n) is 6.32. The molecule has 5 heteroatoms. The molecule has 1 aromatic heterocycles. The first kappa shape index (κ1) is 7.30. The Labute approximate surface area is 68.7 Å². The Morgan fingerprint density at radius 2 is 2.58 bits per heavy atom. The summed E-state index contributed by atoms with van der Waals surface area (Å²) in [5, 5.41) is 6.09. The number of carbonyl (C=O) groups excluding carboxylic acids is 1. The van der Waals surface area contributed by atoms with Crippen LogP contribution >= 0.6 is 0 Å². The quantitative estimate of drug-likeness (QED) is 0.694. The molecular weight excluding hydrogens is 160 g/mol. The molecule has 0 radical (unpaired) electrons. The molecule has 1 N–H and O–H groups in total. The van der Waals surface area contributed by atoms with Crippen molar-refractivity contribution in [2.45, 2.75) is 12.5 Å². The molecule has 1 saturated heterocycles. The van der Waals surface area contributed by atoms with Crippen molar-refractivity contribution in [2.75, 3.05) is 11.9 Å². The number of amides is 1. The average molecular weight is 168 g/mol. The summed E-state index contributed by atoms with van der Waals surface area (Å²) in [6.07, 6.45) is 1.88. The summed E-state index contributed by atoms with van der Waals surface area (Å²) in [6.45, 7) is 0.664. The van der Waals surface area contributed by atoms with Crippen LogP contribution in [-0.2, 0) is 9.53 Å². The number of aromatic nitrogens is 1. The van der Waals surface area contributed by atoms with E-state index in [1.807, 2.05) is 0 Å². The van der Waals surface area contributed by atoms with Gasteiger partial charge in [0.05, 0.1) is 6.61 Å². The third kappa shape index (κ3) is 1.31. The van der Waals surface area contributed by atoms with Crippen molar-refractivity contribution in [3.05, 3.63) is 12.3 Å². The number of nitrogens with zero attached hydrogens (tertiary/aromatic N) is 1. The lowest BCUT2D eigenvalue weighted by molar-refractivity contribution is -0.139. The molecule has 1 aliphatic rings. The molecule has 1 unspecified atom stereocenters. The van der Waals surface area contributed by atoms with Gasteiger partial charge in [0.1, 0.15) is 12.4 Å². The summed E-state index contributed by atoms with van der Waals surface area (Å²) in [4.78, 5) is 11.2. The van der Waals surface area contributed by atoms with Crippen LogP contribution in [0.5, 0.6) is 0 Å². The van der Waals surface area contributed by atoms with Crippen molar-refractivity contribution in [3.8, 4) is 0 Å². The van der Waals surface area contributed by atoms with Gasteiger partial charge < -0.3 is 14.6 Å². The Hall–Kier alpha value is -1.36. The van der Waals surface area contributed by atoms with Gasteiger partial charge in [0, 0.05) is 12.5 Å². The molecule has 2 heterocycles. The third-order valence-corrected chi connectivity index (χ3v) is 1.68. The minimum absolute atomic E-state index is 0.157. The predicted octanol–water partition coefficient (Wildman–Crippen LogP) is 0.402. The van der Waals surface area contributed by atoms with E-state index in [1.54, 1.807) is 6.07 Å². The van der Waals surface area contributed by atoms with Gasteiger partial charge in [-0.3, -0.25) is 4.79 Å². The van der Waals surface area contributed by atoms with E-state index in [2.05, 4.69) is 15.0 Å². The highest BCUT2D eigenvalue weighted by atomic mass is 16.5. The normalized spacial score (nSPS) is 21.5. The van der Waals surface area contributed by atoms with E-state index in [-0.39, 0.29) is 12.0 Å². The minimum atomic E-state index is -0.304. The number of anilines is 1. The summed E-state index contributed by atoms with van der Waals surface area (Å²) in [7, 11) is 0. The fourth-order valence-electron chi connectivity index (χ4n) is 0.926. The van der Waals surface area contributed by atoms with Crippen molar-refractivity contribution in [3.63, 3.8) is 0 Å². The van der Waals surface area contributed by atoms with E-state index in [0.717, 1.165) is 6.42 Å². The van der Waals surface area contributed by atoms with Crippen LogP contribution in [0.25, 0.3) is 0 Å². The highest BCUT2D eigenvalue weighted by Gasteiger charge is 2.26. The van der Waals surface area contributed by atoms with Gasteiger partial charge in [-0.2, -0.15) is 0 Å². The van der Waals surface area contributed by atoms with Gasteiger partial charge in [-0.1, -0.05) is 5.16 Å². The van der Waals surface area contributed by atoms with Crippen LogP contribution in [0.1, 0.15) is 6.42 Å². The molecule has 1 amide bonds. The Morgan fingerprint density at radius 1 is 1.75 bits per heavy atom. The fourth-order valence-corrected chi connectivity index (χ4v) is 0.926. The minimum Gasteiger partial charge on any atom is -0.368 e. The van der Waals surface area contributed by atoms with E-state index in [9.17, 15) is 4.79 Å². The van der Waals surface area contributed by atoms with Gasteiger partial charge in [-0.15, -0.1) is 0 Å². The van der Waals surface area contributed by atoms with Crippen LogP contribution in [0.3, 0.4) is 0 Å². The number of carbonyl (C=O) groups is 1. The molecule has 2 rings (SSSR count). The van der Waals surface area contributed by atoms with E-state index in [1.165, 1.54) is 6.26 Å². The first-order valence-corrected chi connectivity index (χ1v) is 3.69. The molecule has 1 fully saturated rings. The van der Waals surface area contributed by atoms with Crippen molar-refractivity contribution in [2.24, 2.45) is 0 Å². The number of hydrogen-bond acceptors (Lipinski definition) is 4. The van der Waals surface area contributed by atoms with Gasteiger partial charge in [0.2, 0.25) is 0 Å². The van der Waals surface area contributed by atoms with Crippen LogP contribution in [0.15, 0.2) is 16.9 Å². The van der Waals surface area contributed by atoms with E-state index in [0.29, 0.717) is 12.4 Å². The monoisotopic (exact) mass is 168 g/mol. The predicted molar refractivity (Wildman–Crippen MR) is 39.5 cm³/mol. The summed E-state index contributed by atoms with van der Waals surface area (Å²) in [6, 6.07) is 1.58. The Morgan fingerprint density at radius 3 is 3.08 bits per heavy atom. The Bertz CT molecular complexity index is 266. The lowest BCUT2D eigenvalue weighted by Gasteiger charge is -2.24. The number of ether oxygens (including phenoxy) is 1. The van der Waals surface area contributed by atoms with Gasteiger partial charge in [-0.05, 0) is 0 Å². The van der Waals surface area contributed by atoms with Crippen LogP contribution in [0.2, 0.25) is 0 Å². The van der Waals surface area contributed by atoms with Crippen molar-refractivity contribution < 1.29 is 14.1 Å². The molecule has 64 valence electrons. The molecule has 0 aromatic carbocycles. The van der Waals surface area contributed by atoms with Crippen molar-refractivity contribution in [1.82, 2.24) is 5.16 Å². The lowest BCUT2D eigenvalue weighted by atomic mass is 10.2. The van der Waals surface area contributed by atoms with Crippen LogP contribution in [-0.4, -0.2) is 23.8 Å². The van der Waals surface area contributed by atoms with Crippen molar-refractivity contribution >= 4 is 11.7 Å². The second kappa shape index (κ2) is 2.94. The molecule has 0 saturated carbocycles. The molecule has 0 aliphatic carbocycles. The molecule has 1 aliphatic heterocycles. The Kier molecular flexibility index (Phi) is 1.79. The lowest BCUT2D eigenvalue weighted by Crippen LogP contribution is -2.38. The summed E-state index contributed by atoms with van der Waals surface area (Å²) in [5.74, 6) is 0.269. The number of hydrogen-bond donors (Lipinski definition) is 1. The standard InChI is InChI=1S/C7H8N2O3/c10-7(5-1-3-11-5)8-6-2-4-12-9-6/h2,4-5H,1,3H2,(H,8,9,10). The van der Waals surface area contributed by atoms with Gasteiger partial charge in [-0.25, -0.2) is 0 Å². The van der Waals surface area contributed by atoms with Crippen LogP contribution in [0.4, 0.5) is 5.82 Å². The van der Waals surface area contributed by atoms with Gasteiger partial charge in [0.25, 0.3) is 5.91 Å². The van der Waals surface area contributed by atoms with E-state index in [4.69, 9.17) is 4.74 Å². The topological polar surface area (TPSA) is 64.4 Å². The highest BCUT2D eigenvalue weighted by Crippen LogP contribution is 2.13. The second-order valence-electron chi connectivity index (χ2n) is 2.52. The first-order valence-electron chi connectivity index (χ1n) is 3.69. The summed E-state index contributed by atoms with van der Waals surface area (Å²) in [5.41, 5.74) is 0. The largest absolute Gasteiger partial charge is 0.368 e. The van der Waals surface area contributed by atoms with Gasteiger partial charge in [0.15, 0.2) is 5.82 Å². The maximum Gasteiger partial charge on any atom is 0.254 e. The van der Waals surface area contributed by atoms with E-state index >= 15 is 0 Å². The Balaban J connectivity index is 1.90. The third-order valence-electron chi connectivity index (χ3n) is 1.68. The smallest absolute Gasteiger partial charge is 0.254 e. The molecule has 0 spiro atoms. The number of rotatable bonds is 2. The maximum absolute atomic E-state index is 11.2. The molecule has 5 nitrogen and oxygen atoms in total. The average Bonchev–Trinajstić information content (AvgIpc) is 2.34. The van der Waals surface area contributed by atoms with Crippen molar-refractivity contribution in [1.29, 1.82) is 0 Å². The second-order valence-corrected chi connectivity index (χ2v) is 2.52. The molecule has 0 bridgehead atoms. The zero-order valence-corrected chi connectivity index (χ0v) is 6.32. The summed E-state index contributed by atoms with van der Waals surface area (Å²) < 4.78 is 9.51.